The number of thioether (sulfide) groups is 1. The summed E-state index contributed by atoms with van der Waals surface area (Å²) in [5.74, 6) is -0.207. The van der Waals surface area contributed by atoms with E-state index in [0.29, 0.717) is 36.0 Å². The molecule has 7 nitrogen and oxygen atoms in total. The van der Waals surface area contributed by atoms with E-state index >= 15 is 0 Å². The second kappa shape index (κ2) is 11.2. The number of hydrogen-bond acceptors (Lipinski definition) is 5. The van der Waals surface area contributed by atoms with Crippen LogP contribution in [0, 0.1) is 0 Å². The fourth-order valence-corrected chi connectivity index (χ4v) is 5.68. The molecular weight excluding hydrogens is 470 g/mol. The van der Waals surface area contributed by atoms with Crippen LogP contribution in [0.1, 0.15) is 29.6 Å². The van der Waals surface area contributed by atoms with Crippen LogP contribution in [0.5, 0.6) is 0 Å². The summed E-state index contributed by atoms with van der Waals surface area (Å²) in [4.78, 5) is 25.8. The lowest BCUT2D eigenvalue weighted by Gasteiger charge is -2.19. The van der Waals surface area contributed by atoms with Gasteiger partial charge in [0, 0.05) is 18.8 Å². The van der Waals surface area contributed by atoms with Crippen molar-refractivity contribution in [2.75, 3.05) is 30.4 Å². The fourth-order valence-electron chi connectivity index (χ4n) is 3.43. The number of amides is 2. The predicted molar refractivity (Wildman–Crippen MR) is 129 cm³/mol. The minimum Gasteiger partial charge on any atom is -0.340 e. The highest BCUT2D eigenvalue weighted by molar-refractivity contribution is 7.98. The molecule has 172 valence electrons. The van der Waals surface area contributed by atoms with Crippen LogP contribution in [-0.2, 0) is 14.8 Å². The number of hydrogen-bond donors (Lipinski definition) is 2. The van der Waals surface area contributed by atoms with E-state index in [9.17, 15) is 18.0 Å². The van der Waals surface area contributed by atoms with Crippen molar-refractivity contribution >= 4 is 50.9 Å². The number of halogens is 1. The maximum absolute atomic E-state index is 13.0. The molecule has 2 amide bonds. The molecule has 0 aliphatic carbocycles. The van der Waals surface area contributed by atoms with Gasteiger partial charge in [-0.15, -0.1) is 0 Å². The third kappa shape index (κ3) is 6.04. The molecule has 2 aromatic rings. The smallest absolute Gasteiger partial charge is 0.253 e. The molecule has 1 saturated heterocycles. The number of benzene rings is 2. The molecule has 32 heavy (non-hydrogen) atoms. The topological polar surface area (TPSA) is 95.6 Å². The van der Waals surface area contributed by atoms with Crippen molar-refractivity contribution in [3.63, 3.8) is 0 Å². The number of anilines is 1. The lowest BCUT2D eigenvalue weighted by atomic mass is 10.1. The molecule has 1 fully saturated rings. The summed E-state index contributed by atoms with van der Waals surface area (Å²) in [5.41, 5.74) is 0.645. The molecule has 0 spiro atoms. The highest BCUT2D eigenvalue weighted by Crippen LogP contribution is 2.23. The monoisotopic (exact) mass is 495 g/mol. The van der Waals surface area contributed by atoms with Crippen LogP contribution in [0.2, 0.25) is 5.02 Å². The summed E-state index contributed by atoms with van der Waals surface area (Å²) in [6, 6.07) is 12.0. The van der Waals surface area contributed by atoms with Crippen molar-refractivity contribution in [2.45, 2.75) is 30.2 Å². The van der Waals surface area contributed by atoms with E-state index in [4.69, 9.17) is 11.6 Å². The SMILES string of the molecule is CSCC[C@H](NC(=O)c1ccccc1Cl)C(=O)Nc1cccc(S(=O)(=O)N2CCCC2)c1. The van der Waals surface area contributed by atoms with E-state index in [2.05, 4.69) is 10.6 Å². The average Bonchev–Trinajstić information content (AvgIpc) is 3.33. The fraction of sp³-hybridized carbons (Fsp3) is 0.364. The van der Waals surface area contributed by atoms with Gasteiger partial charge in [0.25, 0.3) is 5.91 Å². The Labute approximate surface area is 198 Å². The van der Waals surface area contributed by atoms with Gasteiger partial charge in [0.1, 0.15) is 6.04 Å². The molecule has 0 unspecified atom stereocenters. The zero-order chi connectivity index (χ0) is 23.1. The standard InChI is InChI=1S/C22H26ClN3O4S2/c1-31-14-11-20(25-21(27)18-9-2-3-10-19(18)23)22(28)24-16-7-6-8-17(15-16)32(29,30)26-12-4-5-13-26/h2-3,6-10,15,20H,4-5,11-14H2,1H3,(H,24,28)(H,25,27)/t20-/m0/s1. The van der Waals surface area contributed by atoms with Crippen molar-refractivity contribution in [3.05, 3.63) is 59.1 Å². The lowest BCUT2D eigenvalue weighted by Crippen LogP contribution is -2.44. The van der Waals surface area contributed by atoms with Gasteiger partial charge in [-0.1, -0.05) is 29.8 Å². The number of nitrogens with zero attached hydrogens (tertiary/aromatic N) is 1. The summed E-state index contributed by atoms with van der Waals surface area (Å²) in [6.45, 7) is 1.01. The van der Waals surface area contributed by atoms with Crippen molar-refractivity contribution in [3.8, 4) is 0 Å². The summed E-state index contributed by atoms with van der Waals surface area (Å²) in [5, 5.41) is 5.79. The largest absolute Gasteiger partial charge is 0.340 e. The van der Waals surface area contributed by atoms with Crippen LogP contribution < -0.4 is 10.6 Å². The Bertz CT molecular complexity index is 1070. The van der Waals surface area contributed by atoms with Crippen molar-refractivity contribution < 1.29 is 18.0 Å². The molecule has 1 atom stereocenters. The first kappa shape index (κ1) is 24.6. The first-order valence-corrected chi connectivity index (χ1v) is 13.5. The molecule has 0 radical (unpaired) electrons. The van der Waals surface area contributed by atoms with Gasteiger partial charge in [0.2, 0.25) is 15.9 Å². The summed E-state index contributed by atoms with van der Waals surface area (Å²) in [7, 11) is -3.60. The first-order valence-electron chi connectivity index (χ1n) is 10.3. The Morgan fingerprint density at radius 3 is 2.53 bits per heavy atom. The Morgan fingerprint density at radius 2 is 1.84 bits per heavy atom. The van der Waals surface area contributed by atoms with Gasteiger partial charge in [-0.3, -0.25) is 9.59 Å². The molecule has 2 aromatic carbocycles. The summed E-state index contributed by atoms with van der Waals surface area (Å²) >= 11 is 7.66. The Balaban J connectivity index is 1.75. The number of carbonyl (C=O) groups excluding carboxylic acids is 2. The molecule has 10 heteroatoms. The Hall–Kier alpha value is -2.07. The highest BCUT2D eigenvalue weighted by atomic mass is 35.5. The molecular formula is C22H26ClN3O4S2. The van der Waals surface area contributed by atoms with E-state index < -0.39 is 27.9 Å². The van der Waals surface area contributed by atoms with Gasteiger partial charge < -0.3 is 10.6 Å². The van der Waals surface area contributed by atoms with E-state index in [1.165, 1.54) is 16.4 Å². The molecule has 1 aliphatic heterocycles. The second-order valence-electron chi connectivity index (χ2n) is 7.42. The van der Waals surface area contributed by atoms with Crippen LogP contribution in [0.15, 0.2) is 53.4 Å². The van der Waals surface area contributed by atoms with Crippen molar-refractivity contribution in [1.29, 1.82) is 0 Å². The predicted octanol–water partition coefficient (Wildman–Crippen LogP) is 3.61. The molecule has 3 rings (SSSR count). The number of nitrogens with one attached hydrogen (secondary N) is 2. The highest BCUT2D eigenvalue weighted by Gasteiger charge is 2.28. The zero-order valence-corrected chi connectivity index (χ0v) is 20.1. The van der Waals surface area contributed by atoms with Crippen molar-refractivity contribution in [2.24, 2.45) is 0 Å². The van der Waals surface area contributed by atoms with Crippen LogP contribution in [-0.4, -0.2) is 55.7 Å². The quantitative estimate of drug-likeness (QED) is 0.554. The average molecular weight is 496 g/mol. The van der Waals surface area contributed by atoms with Crippen LogP contribution in [0.3, 0.4) is 0 Å². The first-order chi connectivity index (χ1) is 15.3. The summed E-state index contributed by atoms with van der Waals surface area (Å²) < 4.78 is 27.1. The lowest BCUT2D eigenvalue weighted by molar-refractivity contribution is -0.118. The third-order valence-corrected chi connectivity index (χ3v) is 8.02. The van der Waals surface area contributed by atoms with Gasteiger partial charge >= 0.3 is 0 Å². The molecule has 0 saturated carbocycles. The van der Waals surface area contributed by atoms with Gasteiger partial charge in [0.05, 0.1) is 15.5 Å². The molecule has 0 bridgehead atoms. The van der Waals surface area contributed by atoms with E-state index in [0.717, 1.165) is 12.8 Å². The number of sulfonamides is 1. The molecule has 2 N–H and O–H groups in total. The van der Waals surface area contributed by atoms with E-state index in [1.807, 2.05) is 6.26 Å². The molecule has 0 aromatic heterocycles. The maximum Gasteiger partial charge on any atom is 0.253 e. The van der Waals surface area contributed by atoms with E-state index in [1.54, 1.807) is 48.2 Å². The number of rotatable bonds is 9. The minimum atomic E-state index is -3.60. The van der Waals surface area contributed by atoms with Gasteiger partial charge in [-0.2, -0.15) is 16.1 Å². The Kier molecular flexibility index (Phi) is 8.58. The van der Waals surface area contributed by atoms with E-state index in [-0.39, 0.29) is 10.5 Å². The maximum atomic E-state index is 13.0. The minimum absolute atomic E-state index is 0.137. The molecule has 1 aliphatic rings. The van der Waals surface area contributed by atoms with Crippen molar-refractivity contribution in [1.82, 2.24) is 9.62 Å². The van der Waals surface area contributed by atoms with Crippen LogP contribution in [0.25, 0.3) is 0 Å². The van der Waals surface area contributed by atoms with Gasteiger partial charge in [-0.25, -0.2) is 8.42 Å². The number of carbonyl (C=O) groups is 2. The van der Waals surface area contributed by atoms with Crippen LogP contribution >= 0.6 is 23.4 Å². The molecule has 1 heterocycles. The normalized spacial score (nSPS) is 15.3. The summed E-state index contributed by atoms with van der Waals surface area (Å²) in [6.07, 6.45) is 4.02. The second-order valence-corrected chi connectivity index (χ2v) is 10.7. The van der Waals surface area contributed by atoms with Gasteiger partial charge in [-0.05, 0) is 61.6 Å². The van der Waals surface area contributed by atoms with Gasteiger partial charge in [0.15, 0.2) is 0 Å². The van der Waals surface area contributed by atoms with Crippen LogP contribution in [0.4, 0.5) is 5.69 Å². The zero-order valence-electron chi connectivity index (χ0n) is 17.7. The third-order valence-electron chi connectivity index (χ3n) is 5.16. The Morgan fingerprint density at radius 1 is 1.12 bits per heavy atom.